The fourth-order valence-corrected chi connectivity index (χ4v) is 4.53. The summed E-state index contributed by atoms with van der Waals surface area (Å²) in [5, 5.41) is 3.57. The van der Waals surface area contributed by atoms with Crippen molar-refractivity contribution in [3.63, 3.8) is 0 Å². The third kappa shape index (κ3) is 4.02. The Balaban J connectivity index is 2.25. The predicted molar refractivity (Wildman–Crippen MR) is 83.8 cm³/mol. The standard InChI is InChI=1S/C13H18Cl2N2O3S/c1-8-5-9(3-4-16-8)17-21(18,19)13-7-10(14)12(20-2)6-11(13)15/h6-9,16-17H,3-5H2,1-2H3. The van der Waals surface area contributed by atoms with E-state index in [-0.39, 0.29) is 27.0 Å². The van der Waals surface area contributed by atoms with Gasteiger partial charge in [-0.1, -0.05) is 23.2 Å². The molecule has 0 amide bonds. The number of benzene rings is 1. The molecule has 2 rings (SSSR count). The average molecular weight is 353 g/mol. The lowest BCUT2D eigenvalue weighted by Gasteiger charge is -2.28. The highest BCUT2D eigenvalue weighted by atomic mass is 35.5. The van der Waals surface area contributed by atoms with Crippen LogP contribution in [0.3, 0.4) is 0 Å². The third-order valence-corrected chi connectivity index (χ3v) is 5.72. The van der Waals surface area contributed by atoms with Crippen LogP contribution in [-0.4, -0.2) is 34.2 Å². The Kier molecular flexibility index (Phi) is 5.38. The number of halogens is 2. The molecule has 0 bridgehead atoms. The van der Waals surface area contributed by atoms with Crippen LogP contribution in [0.15, 0.2) is 17.0 Å². The van der Waals surface area contributed by atoms with Gasteiger partial charge >= 0.3 is 0 Å². The van der Waals surface area contributed by atoms with Crippen molar-refractivity contribution in [2.45, 2.75) is 36.7 Å². The van der Waals surface area contributed by atoms with Gasteiger partial charge in [0.1, 0.15) is 10.6 Å². The molecule has 2 unspecified atom stereocenters. The lowest BCUT2D eigenvalue weighted by molar-refractivity contribution is 0.361. The van der Waals surface area contributed by atoms with Crippen molar-refractivity contribution < 1.29 is 13.2 Å². The van der Waals surface area contributed by atoms with E-state index in [0.29, 0.717) is 5.75 Å². The number of sulfonamides is 1. The summed E-state index contributed by atoms with van der Waals surface area (Å²) in [6.07, 6.45) is 1.48. The second kappa shape index (κ2) is 6.71. The summed E-state index contributed by atoms with van der Waals surface area (Å²) in [6, 6.07) is 2.89. The van der Waals surface area contributed by atoms with E-state index in [9.17, 15) is 8.42 Å². The molecule has 8 heteroatoms. The fraction of sp³-hybridized carbons (Fsp3) is 0.538. The van der Waals surface area contributed by atoms with Gasteiger partial charge in [0.2, 0.25) is 10.0 Å². The molecule has 2 N–H and O–H groups in total. The predicted octanol–water partition coefficient (Wildman–Crippen LogP) is 2.42. The molecular formula is C13H18Cl2N2O3S. The van der Waals surface area contributed by atoms with Crippen molar-refractivity contribution in [2.75, 3.05) is 13.7 Å². The normalized spacial score (nSPS) is 23.0. The van der Waals surface area contributed by atoms with Gasteiger partial charge in [-0.05, 0) is 32.4 Å². The summed E-state index contributed by atoms with van der Waals surface area (Å²) in [4.78, 5) is -0.0267. The van der Waals surface area contributed by atoms with Crippen LogP contribution in [0.5, 0.6) is 5.75 Å². The van der Waals surface area contributed by atoms with Gasteiger partial charge in [-0.15, -0.1) is 0 Å². The first-order valence-corrected chi connectivity index (χ1v) is 8.86. The van der Waals surface area contributed by atoms with Crippen LogP contribution in [0.2, 0.25) is 10.0 Å². The summed E-state index contributed by atoms with van der Waals surface area (Å²) in [5.41, 5.74) is 0. The number of rotatable bonds is 4. The Morgan fingerprint density at radius 3 is 2.67 bits per heavy atom. The molecule has 2 atom stereocenters. The van der Waals surface area contributed by atoms with Crippen LogP contribution in [0, 0.1) is 0 Å². The van der Waals surface area contributed by atoms with Gasteiger partial charge in [0.05, 0.1) is 17.2 Å². The van der Waals surface area contributed by atoms with E-state index >= 15 is 0 Å². The van der Waals surface area contributed by atoms with Crippen molar-refractivity contribution in [2.24, 2.45) is 0 Å². The first-order chi connectivity index (χ1) is 9.83. The number of methoxy groups -OCH3 is 1. The molecule has 1 aromatic rings. The Bertz CT molecular complexity index is 622. The smallest absolute Gasteiger partial charge is 0.242 e. The van der Waals surface area contributed by atoms with E-state index in [1.54, 1.807) is 0 Å². The molecule has 5 nitrogen and oxygen atoms in total. The lowest BCUT2D eigenvalue weighted by atomic mass is 10.0. The number of piperidine rings is 1. The molecule has 1 aliphatic heterocycles. The fourth-order valence-electron chi connectivity index (χ4n) is 2.39. The summed E-state index contributed by atoms with van der Waals surface area (Å²) in [6.45, 7) is 2.81. The van der Waals surface area contributed by atoms with Crippen LogP contribution in [0.1, 0.15) is 19.8 Å². The summed E-state index contributed by atoms with van der Waals surface area (Å²) in [7, 11) is -2.27. The number of hydrogen-bond donors (Lipinski definition) is 2. The molecule has 1 heterocycles. The molecule has 1 fully saturated rings. The van der Waals surface area contributed by atoms with E-state index in [0.717, 1.165) is 19.4 Å². The quantitative estimate of drug-likeness (QED) is 0.873. The average Bonchev–Trinajstić information content (AvgIpc) is 2.40. The zero-order valence-electron chi connectivity index (χ0n) is 11.8. The zero-order chi connectivity index (χ0) is 15.6. The van der Waals surface area contributed by atoms with E-state index in [2.05, 4.69) is 10.0 Å². The molecule has 0 radical (unpaired) electrons. The van der Waals surface area contributed by atoms with Gasteiger partial charge in [0.25, 0.3) is 0 Å². The summed E-state index contributed by atoms with van der Waals surface area (Å²) < 4.78 is 32.6. The highest BCUT2D eigenvalue weighted by Gasteiger charge is 2.26. The van der Waals surface area contributed by atoms with Crippen LogP contribution >= 0.6 is 23.2 Å². The molecule has 1 saturated heterocycles. The third-order valence-electron chi connectivity index (χ3n) is 3.44. The van der Waals surface area contributed by atoms with Crippen molar-refractivity contribution in [1.82, 2.24) is 10.0 Å². The molecule has 1 aliphatic rings. The van der Waals surface area contributed by atoms with Gasteiger partial charge in [-0.25, -0.2) is 13.1 Å². The van der Waals surface area contributed by atoms with E-state index in [1.807, 2.05) is 6.92 Å². The first kappa shape index (κ1) is 16.8. The van der Waals surface area contributed by atoms with Crippen molar-refractivity contribution >= 4 is 33.2 Å². The molecule has 0 aromatic heterocycles. The van der Waals surface area contributed by atoms with E-state index in [4.69, 9.17) is 27.9 Å². The Hall–Kier alpha value is -0.530. The zero-order valence-corrected chi connectivity index (χ0v) is 14.1. The van der Waals surface area contributed by atoms with Crippen LogP contribution < -0.4 is 14.8 Å². The van der Waals surface area contributed by atoms with Crippen molar-refractivity contribution in [3.05, 3.63) is 22.2 Å². The Morgan fingerprint density at radius 2 is 2.05 bits per heavy atom. The summed E-state index contributed by atoms with van der Waals surface area (Å²) >= 11 is 12.0. The first-order valence-electron chi connectivity index (χ1n) is 6.62. The lowest BCUT2D eigenvalue weighted by Crippen LogP contribution is -2.46. The van der Waals surface area contributed by atoms with Gasteiger partial charge in [-0.2, -0.15) is 0 Å². The molecule has 1 aromatic carbocycles. The molecule has 0 aliphatic carbocycles. The molecule has 0 spiro atoms. The minimum atomic E-state index is -3.71. The molecule has 118 valence electrons. The Morgan fingerprint density at radius 1 is 1.33 bits per heavy atom. The van der Waals surface area contributed by atoms with Gasteiger partial charge in [0.15, 0.2) is 0 Å². The monoisotopic (exact) mass is 352 g/mol. The highest BCUT2D eigenvalue weighted by molar-refractivity contribution is 7.89. The van der Waals surface area contributed by atoms with E-state index in [1.165, 1.54) is 19.2 Å². The van der Waals surface area contributed by atoms with Crippen molar-refractivity contribution in [1.29, 1.82) is 0 Å². The SMILES string of the molecule is COc1cc(Cl)c(S(=O)(=O)NC2CCNC(C)C2)cc1Cl. The largest absolute Gasteiger partial charge is 0.495 e. The van der Waals surface area contributed by atoms with Crippen LogP contribution in [-0.2, 0) is 10.0 Å². The van der Waals surface area contributed by atoms with Gasteiger partial charge in [0, 0.05) is 18.2 Å². The maximum absolute atomic E-state index is 12.5. The number of hydrogen-bond acceptors (Lipinski definition) is 4. The highest BCUT2D eigenvalue weighted by Crippen LogP contribution is 2.33. The number of ether oxygens (including phenoxy) is 1. The van der Waals surface area contributed by atoms with Gasteiger partial charge < -0.3 is 10.1 Å². The van der Waals surface area contributed by atoms with Crippen molar-refractivity contribution in [3.8, 4) is 5.75 Å². The minimum Gasteiger partial charge on any atom is -0.495 e. The number of nitrogens with one attached hydrogen (secondary N) is 2. The molecular weight excluding hydrogens is 335 g/mol. The van der Waals surface area contributed by atoms with Gasteiger partial charge in [-0.3, -0.25) is 0 Å². The minimum absolute atomic E-state index is 0.0267. The van der Waals surface area contributed by atoms with Crippen LogP contribution in [0.25, 0.3) is 0 Å². The maximum atomic E-state index is 12.5. The summed E-state index contributed by atoms with van der Waals surface area (Å²) in [5.74, 6) is 0.344. The Labute approximate surface area is 135 Å². The maximum Gasteiger partial charge on any atom is 0.242 e. The molecule has 21 heavy (non-hydrogen) atoms. The molecule has 0 saturated carbocycles. The topological polar surface area (TPSA) is 67.4 Å². The van der Waals surface area contributed by atoms with E-state index < -0.39 is 10.0 Å². The van der Waals surface area contributed by atoms with Crippen LogP contribution in [0.4, 0.5) is 0 Å². The second-order valence-electron chi connectivity index (χ2n) is 5.11. The second-order valence-corrected chi connectivity index (χ2v) is 7.61.